The van der Waals surface area contributed by atoms with Crippen LogP contribution in [0.1, 0.15) is 31.4 Å². The molecule has 1 aliphatic heterocycles. The number of fused-ring (bicyclic) bond motifs is 1. The zero-order chi connectivity index (χ0) is 11.1. The molecule has 0 saturated carbocycles. The van der Waals surface area contributed by atoms with Crippen molar-refractivity contribution in [3.05, 3.63) is 23.3 Å². The molecule has 0 aromatic heterocycles. The lowest BCUT2D eigenvalue weighted by Crippen LogP contribution is -2.32. The summed E-state index contributed by atoms with van der Waals surface area (Å²) in [4.78, 5) is 0. The minimum absolute atomic E-state index is 0.152. The zero-order valence-electron chi connectivity index (χ0n) is 9.08. The van der Waals surface area contributed by atoms with Gasteiger partial charge in [-0.1, -0.05) is 0 Å². The first-order chi connectivity index (χ1) is 7.02. The third-order valence-corrected chi connectivity index (χ3v) is 2.81. The molecule has 0 saturated heterocycles. The zero-order valence-corrected chi connectivity index (χ0v) is 9.08. The average Bonchev–Trinajstić information content (AvgIpc) is 2.17. The smallest absolute Gasteiger partial charge is 0.123 e. The molecule has 1 aromatic rings. The Morgan fingerprint density at radius 3 is 2.80 bits per heavy atom. The SMILES string of the molecule is CC1(C)CCc2cc(O)c(CO)cc2O1. The number of aliphatic hydroxyl groups excluding tert-OH is 1. The summed E-state index contributed by atoms with van der Waals surface area (Å²) in [5.41, 5.74) is 1.38. The molecule has 3 heteroatoms. The van der Waals surface area contributed by atoms with Crippen LogP contribution in [-0.4, -0.2) is 15.8 Å². The molecule has 3 nitrogen and oxygen atoms in total. The number of phenols is 1. The number of hydrogen-bond donors (Lipinski definition) is 2. The Labute approximate surface area is 89.3 Å². The Morgan fingerprint density at radius 2 is 2.13 bits per heavy atom. The van der Waals surface area contributed by atoms with Crippen molar-refractivity contribution in [3.63, 3.8) is 0 Å². The predicted octanol–water partition coefficient (Wildman–Crippen LogP) is 1.99. The van der Waals surface area contributed by atoms with E-state index >= 15 is 0 Å². The van der Waals surface area contributed by atoms with Gasteiger partial charge in [0.15, 0.2) is 0 Å². The highest BCUT2D eigenvalue weighted by Crippen LogP contribution is 2.36. The first kappa shape index (κ1) is 10.3. The van der Waals surface area contributed by atoms with E-state index in [9.17, 15) is 5.11 Å². The maximum Gasteiger partial charge on any atom is 0.123 e. The highest BCUT2D eigenvalue weighted by molar-refractivity contribution is 5.46. The van der Waals surface area contributed by atoms with E-state index in [-0.39, 0.29) is 18.0 Å². The van der Waals surface area contributed by atoms with Crippen LogP contribution in [0.15, 0.2) is 12.1 Å². The Balaban J connectivity index is 2.42. The normalized spacial score (nSPS) is 18.1. The van der Waals surface area contributed by atoms with Crippen molar-refractivity contribution in [2.45, 2.75) is 38.9 Å². The number of aromatic hydroxyl groups is 1. The molecule has 15 heavy (non-hydrogen) atoms. The fourth-order valence-electron chi connectivity index (χ4n) is 1.86. The molecular formula is C12H16O3. The van der Waals surface area contributed by atoms with Gasteiger partial charge in [0.1, 0.15) is 17.1 Å². The van der Waals surface area contributed by atoms with E-state index in [0.717, 1.165) is 24.2 Å². The molecule has 0 bridgehead atoms. The molecule has 82 valence electrons. The maximum atomic E-state index is 9.58. The van der Waals surface area contributed by atoms with E-state index in [2.05, 4.69) is 0 Å². The average molecular weight is 208 g/mol. The monoisotopic (exact) mass is 208 g/mol. The summed E-state index contributed by atoms with van der Waals surface area (Å²) in [5, 5.41) is 18.6. The van der Waals surface area contributed by atoms with Crippen LogP contribution < -0.4 is 4.74 Å². The van der Waals surface area contributed by atoms with Crippen LogP contribution in [0, 0.1) is 0 Å². The van der Waals surface area contributed by atoms with Gasteiger partial charge in [-0.2, -0.15) is 0 Å². The van der Waals surface area contributed by atoms with Gasteiger partial charge in [0.25, 0.3) is 0 Å². The van der Waals surface area contributed by atoms with Gasteiger partial charge in [-0.15, -0.1) is 0 Å². The van der Waals surface area contributed by atoms with Gasteiger partial charge < -0.3 is 14.9 Å². The van der Waals surface area contributed by atoms with Crippen LogP contribution in [0.25, 0.3) is 0 Å². The van der Waals surface area contributed by atoms with Crippen molar-refractivity contribution in [2.75, 3.05) is 0 Å². The van der Waals surface area contributed by atoms with Gasteiger partial charge in [0.05, 0.1) is 6.61 Å². The van der Waals surface area contributed by atoms with Crippen LogP contribution in [0.2, 0.25) is 0 Å². The summed E-state index contributed by atoms with van der Waals surface area (Å²) < 4.78 is 5.79. The quantitative estimate of drug-likeness (QED) is 0.742. The van der Waals surface area contributed by atoms with Gasteiger partial charge in [-0.25, -0.2) is 0 Å². The molecule has 0 radical (unpaired) electrons. The van der Waals surface area contributed by atoms with E-state index in [0.29, 0.717) is 5.56 Å². The van der Waals surface area contributed by atoms with E-state index in [1.54, 1.807) is 12.1 Å². The Hall–Kier alpha value is -1.22. The second-order valence-electron chi connectivity index (χ2n) is 4.61. The predicted molar refractivity (Wildman–Crippen MR) is 57.1 cm³/mol. The Bertz CT molecular complexity index is 383. The van der Waals surface area contributed by atoms with Gasteiger partial charge in [-0.3, -0.25) is 0 Å². The van der Waals surface area contributed by atoms with Crippen molar-refractivity contribution in [1.29, 1.82) is 0 Å². The van der Waals surface area contributed by atoms with Gasteiger partial charge in [0.2, 0.25) is 0 Å². The third kappa shape index (κ3) is 1.92. The summed E-state index contributed by atoms with van der Waals surface area (Å²) in [5.74, 6) is 0.938. The lowest BCUT2D eigenvalue weighted by atomic mass is 9.93. The van der Waals surface area contributed by atoms with Gasteiger partial charge >= 0.3 is 0 Å². The minimum atomic E-state index is -0.164. The van der Waals surface area contributed by atoms with Crippen molar-refractivity contribution in [2.24, 2.45) is 0 Å². The van der Waals surface area contributed by atoms with Crippen molar-refractivity contribution in [1.82, 2.24) is 0 Å². The van der Waals surface area contributed by atoms with Crippen molar-refractivity contribution >= 4 is 0 Å². The van der Waals surface area contributed by atoms with Crippen LogP contribution in [0.4, 0.5) is 0 Å². The number of ether oxygens (including phenoxy) is 1. The molecule has 0 fully saturated rings. The second kappa shape index (κ2) is 3.42. The van der Waals surface area contributed by atoms with Crippen molar-refractivity contribution in [3.8, 4) is 11.5 Å². The Morgan fingerprint density at radius 1 is 1.40 bits per heavy atom. The first-order valence-corrected chi connectivity index (χ1v) is 5.16. The van der Waals surface area contributed by atoms with E-state index in [1.807, 2.05) is 13.8 Å². The molecule has 0 unspecified atom stereocenters. The number of aryl methyl sites for hydroxylation is 1. The topological polar surface area (TPSA) is 49.7 Å². The molecule has 1 aromatic carbocycles. The summed E-state index contributed by atoms with van der Waals surface area (Å²) >= 11 is 0. The van der Waals surface area contributed by atoms with Crippen LogP contribution >= 0.6 is 0 Å². The number of benzene rings is 1. The summed E-state index contributed by atoms with van der Waals surface area (Å²) in [6.07, 6.45) is 1.85. The second-order valence-corrected chi connectivity index (χ2v) is 4.61. The fourth-order valence-corrected chi connectivity index (χ4v) is 1.86. The summed E-state index contributed by atoms with van der Waals surface area (Å²) in [6, 6.07) is 3.42. The van der Waals surface area contributed by atoms with E-state index in [1.165, 1.54) is 0 Å². The number of aliphatic hydroxyl groups is 1. The summed E-state index contributed by atoms with van der Waals surface area (Å²) in [7, 11) is 0. The molecule has 0 spiro atoms. The first-order valence-electron chi connectivity index (χ1n) is 5.16. The van der Waals surface area contributed by atoms with Gasteiger partial charge in [-0.05, 0) is 44.4 Å². The van der Waals surface area contributed by atoms with E-state index < -0.39 is 0 Å². The molecule has 0 aliphatic carbocycles. The van der Waals surface area contributed by atoms with Crippen LogP contribution in [-0.2, 0) is 13.0 Å². The molecule has 1 aliphatic rings. The van der Waals surface area contributed by atoms with Crippen LogP contribution in [0.3, 0.4) is 0 Å². The Kier molecular flexibility index (Phi) is 2.35. The molecular weight excluding hydrogens is 192 g/mol. The number of rotatable bonds is 1. The van der Waals surface area contributed by atoms with Crippen LogP contribution in [0.5, 0.6) is 11.5 Å². The lowest BCUT2D eigenvalue weighted by Gasteiger charge is -2.32. The molecule has 2 rings (SSSR count). The van der Waals surface area contributed by atoms with Gasteiger partial charge in [0, 0.05) is 5.56 Å². The molecule has 0 amide bonds. The lowest BCUT2D eigenvalue weighted by molar-refractivity contribution is 0.0841. The standard InChI is InChI=1S/C12H16O3/c1-12(2)4-3-8-5-10(14)9(7-13)6-11(8)15-12/h5-6,13-14H,3-4,7H2,1-2H3. The highest BCUT2D eigenvalue weighted by atomic mass is 16.5. The fraction of sp³-hybridized carbons (Fsp3) is 0.500. The maximum absolute atomic E-state index is 9.58. The summed E-state index contributed by atoms with van der Waals surface area (Å²) in [6.45, 7) is 3.92. The highest BCUT2D eigenvalue weighted by Gasteiger charge is 2.27. The van der Waals surface area contributed by atoms with Crippen molar-refractivity contribution < 1.29 is 14.9 Å². The number of hydrogen-bond acceptors (Lipinski definition) is 3. The molecule has 1 heterocycles. The van der Waals surface area contributed by atoms with E-state index in [4.69, 9.17) is 9.84 Å². The minimum Gasteiger partial charge on any atom is -0.508 e. The molecule has 0 atom stereocenters. The third-order valence-electron chi connectivity index (χ3n) is 2.81. The molecule has 2 N–H and O–H groups in total. The largest absolute Gasteiger partial charge is 0.508 e.